The summed E-state index contributed by atoms with van der Waals surface area (Å²) in [5.41, 5.74) is 0.640. The standard InChI is InChI=1S/C14H19NO3S/c1-9(2)8-10(3)15-14(18)13-11(6-7-19-13)4-5-12(16)17/h4-7,9-10H,8H2,1-3H3,(H,15,18)(H,16,17)/b5-4+. The number of rotatable bonds is 6. The fourth-order valence-corrected chi connectivity index (χ4v) is 2.64. The minimum absolute atomic E-state index is 0.103. The molecule has 0 fully saturated rings. The van der Waals surface area contributed by atoms with Crippen LogP contribution >= 0.6 is 11.3 Å². The van der Waals surface area contributed by atoms with Crippen molar-refractivity contribution in [2.75, 3.05) is 0 Å². The molecule has 104 valence electrons. The Morgan fingerprint density at radius 2 is 2.11 bits per heavy atom. The molecule has 0 aliphatic carbocycles. The summed E-state index contributed by atoms with van der Waals surface area (Å²) in [4.78, 5) is 23.1. The van der Waals surface area contributed by atoms with Crippen molar-refractivity contribution in [2.45, 2.75) is 33.2 Å². The highest BCUT2D eigenvalue weighted by Crippen LogP contribution is 2.19. The van der Waals surface area contributed by atoms with Crippen LogP contribution in [0.4, 0.5) is 0 Å². The summed E-state index contributed by atoms with van der Waals surface area (Å²) >= 11 is 1.31. The van der Waals surface area contributed by atoms with Gasteiger partial charge in [0.2, 0.25) is 0 Å². The largest absolute Gasteiger partial charge is 0.478 e. The molecule has 0 aliphatic heterocycles. The van der Waals surface area contributed by atoms with Crippen molar-refractivity contribution in [3.05, 3.63) is 28.0 Å². The lowest BCUT2D eigenvalue weighted by Gasteiger charge is -2.15. The number of thiophene rings is 1. The van der Waals surface area contributed by atoms with Crippen LogP contribution in [-0.4, -0.2) is 23.0 Å². The van der Waals surface area contributed by atoms with Crippen molar-refractivity contribution in [1.82, 2.24) is 5.32 Å². The molecule has 4 nitrogen and oxygen atoms in total. The van der Waals surface area contributed by atoms with E-state index in [0.29, 0.717) is 16.4 Å². The molecule has 0 aromatic carbocycles. The molecule has 0 saturated heterocycles. The van der Waals surface area contributed by atoms with Gasteiger partial charge in [-0.3, -0.25) is 4.79 Å². The molecule has 1 unspecified atom stereocenters. The van der Waals surface area contributed by atoms with E-state index in [2.05, 4.69) is 19.2 Å². The summed E-state index contributed by atoms with van der Waals surface area (Å²) in [6, 6.07) is 1.84. The lowest BCUT2D eigenvalue weighted by atomic mass is 10.1. The molecular formula is C14H19NO3S. The van der Waals surface area contributed by atoms with E-state index in [1.165, 1.54) is 17.4 Å². The molecule has 1 atom stereocenters. The number of aliphatic carboxylic acids is 1. The van der Waals surface area contributed by atoms with Gasteiger partial charge in [-0.15, -0.1) is 11.3 Å². The Labute approximate surface area is 117 Å². The Morgan fingerprint density at radius 3 is 2.68 bits per heavy atom. The van der Waals surface area contributed by atoms with E-state index in [1.54, 1.807) is 11.4 Å². The van der Waals surface area contributed by atoms with E-state index >= 15 is 0 Å². The van der Waals surface area contributed by atoms with Crippen LogP contribution in [0.15, 0.2) is 17.5 Å². The number of carboxylic acid groups (broad SMARTS) is 1. The summed E-state index contributed by atoms with van der Waals surface area (Å²) in [6.45, 7) is 6.18. The summed E-state index contributed by atoms with van der Waals surface area (Å²) in [6.07, 6.45) is 3.40. The molecule has 0 saturated carbocycles. The topological polar surface area (TPSA) is 66.4 Å². The molecule has 0 spiro atoms. The second-order valence-electron chi connectivity index (χ2n) is 4.88. The van der Waals surface area contributed by atoms with Gasteiger partial charge in [-0.1, -0.05) is 13.8 Å². The number of carboxylic acids is 1. The molecule has 0 aliphatic rings. The van der Waals surface area contributed by atoms with E-state index in [9.17, 15) is 9.59 Å². The highest BCUT2D eigenvalue weighted by atomic mass is 32.1. The van der Waals surface area contributed by atoms with Crippen LogP contribution in [0, 0.1) is 5.92 Å². The van der Waals surface area contributed by atoms with E-state index in [0.717, 1.165) is 12.5 Å². The van der Waals surface area contributed by atoms with Gasteiger partial charge in [0.15, 0.2) is 0 Å². The third kappa shape index (κ3) is 5.26. The first kappa shape index (κ1) is 15.4. The van der Waals surface area contributed by atoms with Crippen molar-refractivity contribution in [3.8, 4) is 0 Å². The zero-order valence-electron chi connectivity index (χ0n) is 11.3. The lowest BCUT2D eigenvalue weighted by molar-refractivity contribution is -0.131. The Morgan fingerprint density at radius 1 is 1.42 bits per heavy atom. The van der Waals surface area contributed by atoms with Crippen molar-refractivity contribution < 1.29 is 14.7 Å². The van der Waals surface area contributed by atoms with Gasteiger partial charge in [-0.25, -0.2) is 4.79 Å². The van der Waals surface area contributed by atoms with Gasteiger partial charge in [-0.2, -0.15) is 0 Å². The Balaban J connectivity index is 2.72. The number of amides is 1. The van der Waals surface area contributed by atoms with Crippen LogP contribution in [0.1, 0.15) is 42.4 Å². The van der Waals surface area contributed by atoms with E-state index in [-0.39, 0.29) is 11.9 Å². The minimum Gasteiger partial charge on any atom is -0.478 e. The molecule has 0 bridgehead atoms. The second kappa shape index (κ2) is 7.09. The first-order valence-corrected chi connectivity index (χ1v) is 7.07. The maximum absolute atomic E-state index is 12.1. The lowest BCUT2D eigenvalue weighted by Crippen LogP contribution is -2.33. The molecule has 1 aromatic heterocycles. The number of carbonyl (C=O) groups excluding carboxylic acids is 1. The zero-order valence-corrected chi connectivity index (χ0v) is 12.2. The molecule has 1 aromatic rings. The van der Waals surface area contributed by atoms with Gasteiger partial charge in [0, 0.05) is 12.1 Å². The third-order valence-electron chi connectivity index (χ3n) is 2.51. The summed E-state index contributed by atoms with van der Waals surface area (Å²) in [5, 5.41) is 13.3. The predicted molar refractivity (Wildman–Crippen MR) is 77.4 cm³/mol. The summed E-state index contributed by atoms with van der Waals surface area (Å²) < 4.78 is 0. The number of nitrogens with one attached hydrogen (secondary N) is 1. The van der Waals surface area contributed by atoms with Gasteiger partial charge in [0.1, 0.15) is 0 Å². The van der Waals surface area contributed by atoms with Crippen LogP contribution in [0.2, 0.25) is 0 Å². The van der Waals surface area contributed by atoms with Crippen LogP contribution in [0.5, 0.6) is 0 Å². The molecule has 1 rings (SSSR count). The Hall–Kier alpha value is -1.62. The van der Waals surface area contributed by atoms with Crippen LogP contribution in [0.25, 0.3) is 6.08 Å². The molecule has 2 N–H and O–H groups in total. The molecule has 0 radical (unpaired) electrons. The Bertz CT molecular complexity index is 477. The third-order valence-corrected chi connectivity index (χ3v) is 3.44. The molecule has 5 heteroatoms. The SMILES string of the molecule is CC(C)CC(C)NC(=O)c1sccc1/C=C/C(=O)O. The van der Waals surface area contributed by atoms with Gasteiger partial charge >= 0.3 is 5.97 Å². The maximum Gasteiger partial charge on any atom is 0.328 e. The normalized spacial score (nSPS) is 12.8. The van der Waals surface area contributed by atoms with Crippen molar-refractivity contribution >= 4 is 29.3 Å². The number of carbonyl (C=O) groups is 2. The first-order valence-electron chi connectivity index (χ1n) is 6.19. The van der Waals surface area contributed by atoms with Gasteiger partial charge < -0.3 is 10.4 Å². The van der Waals surface area contributed by atoms with Gasteiger partial charge in [-0.05, 0) is 42.3 Å². The molecular weight excluding hydrogens is 262 g/mol. The van der Waals surface area contributed by atoms with E-state index < -0.39 is 5.97 Å². The van der Waals surface area contributed by atoms with Crippen molar-refractivity contribution in [2.24, 2.45) is 5.92 Å². The number of hydrogen-bond acceptors (Lipinski definition) is 3. The minimum atomic E-state index is -1.02. The van der Waals surface area contributed by atoms with Gasteiger partial charge in [0.25, 0.3) is 5.91 Å². The number of hydrogen-bond donors (Lipinski definition) is 2. The first-order chi connectivity index (χ1) is 8.90. The van der Waals surface area contributed by atoms with Crippen LogP contribution in [-0.2, 0) is 4.79 Å². The van der Waals surface area contributed by atoms with Crippen LogP contribution < -0.4 is 5.32 Å². The average Bonchev–Trinajstić information content (AvgIpc) is 2.72. The fourth-order valence-electron chi connectivity index (χ4n) is 1.85. The molecule has 1 heterocycles. The highest BCUT2D eigenvalue weighted by Gasteiger charge is 2.14. The predicted octanol–water partition coefficient (Wildman–Crippen LogP) is 3.01. The molecule has 19 heavy (non-hydrogen) atoms. The summed E-state index contributed by atoms with van der Waals surface area (Å²) in [5.74, 6) is -0.649. The van der Waals surface area contributed by atoms with Crippen LogP contribution in [0.3, 0.4) is 0 Å². The molecule has 1 amide bonds. The Kier molecular flexibility index (Phi) is 5.76. The highest BCUT2D eigenvalue weighted by molar-refractivity contribution is 7.12. The fraction of sp³-hybridized carbons (Fsp3) is 0.429. The zero-order chi connectivity index (χ0) is 14.4. The maximum atomic E-state index is 12.1. The average molecular weight is 281 g/mol. The van der Waals surface area contributed by atoms with Gasteiger partial charge in [0.05, 0.1) is 4.88 Å². The van der Waals surface area contributed by atoms with E-state index in [4.69, 9.17) is 5.11 Å². The van der Waals surface area contributed by atoms with Crippen molar-refractivity contribution in [1.29, 1.82) is 0 Å². The van der Waals surface area contributed by atoms with Crippen molar-refractivity contribution in [3.63, 3.8) is 0 Å². The summed E-state index contributed by atoms with van der Waals surface area (Å²) in [7, 11) is 0. The van der Waals surface area contributed by atoms with E-state index in [1.807, 2.05) is 6.92 Å². The second-order valence-corrected chi connectivity index (χ2v) is 5.80. The monoisotopic (exact) mass is 281 g/mol. The quantitative estimate of drug-likeness (QED) is 0.788. The smallest absolute Gasteiger partial charge is 0.328 e.